The maximum Gasteiger partial charge on any atom is 0.325 e. The van der Waals surface area contributed by atoms with Crippen molar-refractivity contribution in [2.45, 2.75) is 72.4 Å². The molecule has 1 aliphatic heterocycles. The summed E-state index contributed by atoms with van der Waals surface area (Å²) in [5, 5.41) is 15.8. The van der Waals surface area contributed by atoms with E-state index >= 15 is 0 Å². The molecule has 208 valence electrons. The normalized spacial score (nSPS) is 21.1. The van der Waals surface area contributed by atoms with Crippen LogP contribution in [-0.4, -0.2) is 49.5 Å². The van der Waals surface area contributed by atoms with Crippen molar-refractivity contribution in [3.8, 4) is 0 Å². The van der Waals surface area contributed by atoms with Gasteiger partial charge in [-0.2, -0.15) is 5.21 Å². The largest absolute Gasteiger partial charge is 0.325 e. The number of H-pyrrole nitrogens is 1. The fourth-order valence-electron chi connectivity index (χ4n) is 5.64. The SMILES string of the molecule is CC.CC(C)(C)C1CCC2(CC1)CN(c1ccc(F)cc1)C(=O)N2Cc1ccc(C(=O)Nc2nn[nH]n2)cc1. The number of urea groups is 1. The Morgan fingerprint density at radius 2 is 1.72 bits per heavy atom. The first kappa shape index (κ1) is 28.2. The molecule has 9 nitrogen and oxygen atoms in total. The molecule has 39 heavy (non-hydrogen) atoms. The number of halogens is 1. The van der Waals surface area contributed by atoms with Gasteiger partial charge in [0, 0.05) is 17.8 Å². The van der Waals surface area contributed by atoms with E-state index in [1.54, 1.807) is 29.2 Å². The van der Waals surface area contributed by atoms with Crippen molar-refractivity contribution in [3.63, 3.8) is 0 Å². The molecule has 2 heterocycles. The van der Waals surface area contributed by atoms with Crippen LogP contribution >= 0.6 is 0 Å². The van der Waals surface area contributed by atoms with Crippen molar-refractivity contribution < 1.29 is 14.0 Å². The number of carbonyl (C=O) groups is 2. The van der Waals surface area contributed by atoms with Gasteiger partial charge in [-0.25, -0.2) is 9.18 Å². The molecule has 1 saturated heterocycles. The number of amides is 3. The van der Waals surface area contributed by atoms with E-state index in [1.165, 1.54) is 12.1 Å². The predicted molar refractivity (Wildman–Crippen MR) is 149 cm³/mol. The third kappa shape index (κ3) is 6.10. The molecule has 5 rings (SSSR count). The molecule has 0 unspecified atom stereocenters. The zero-order chi connectivity index (χ0) is 28.2. The van der Waals surface area contributed by atoms with E-state index < -0.39 is 0 Å². The average molecular weight is 536 g/mol. The first-order valence-corrected chi connectivity index (χ1v) is 13.6. The number of tetrazole rings is 1. The Kier molecular flexibility index (Phi) is 8.32. The van der Waals surface area contributed by atoms with Crippen LogP contribution in [0.25, 0.3) is 0 Å². The van der Waals surface area contributed by atoms with Gasteiger partial charge >= 0.3 is 6.03 Å². The highest BCUT2D eigenvalue weighted by Gasteiger charge is 2.52. The summed E-state index contributed by atoms with van der Waals surface area (Å²) < 4.78 is 13.6. The second-order valence-electron chi connectivity index (χ2n) is 11.2. The summed E-state index contributed by atoms with van der Waals surface area (Å²) in [5.74, 6) is 0.0399. The van der Waals surface area contributed by atoms with Crippen LogP contribution in [-0.2, 0) is 6.54 Å². The third-order valence-electron chi connectivity index (χ3n) is 7.89. The molecule has 10 heteroatoms. The van der Waals surface area contributed by atoms with Crippen molar-refractivity contribution in [3.05, 3.63) is 65.5 Å². The highest BCUT2D eigenvalue weighted by molar-refractivity contribution is 6.03. The number of rotatable bonds is 5. The van der Waals surface area contributed by atoms with Crippen LogP contribution in [0, 0.1) is 17.2 Å². The zero-order valence-electron chi connectivity index (χ0n) is 23.4. The van der Waals surface area contributed by atoms with Gasteiger partial charge < -0.3 is 4.90 Å². The number of carbonyl (C=O) groups excluding carboxylic acids is 2. The topological polar surface area (TPSA) is 107 Å². The zero-order valence-corrected chi connectivity index (χ0v) is 23.4. The van der Waals surface area contributed by atoms with Gasteiger partial charge in [-0.1, -0.05) is 51.9 Å². The van der Waals surface area contributed by atoms with Crippen LogP contribution in [0.5, 0.6) is 0 Å². The highest BCUT2D eigenvalue weighted by Crippen LogP contribution is 2.47. The minimum absolute atomic E-state index is 0.0697. The first-order valence-electron chi connectivity index (χ1n) is 13.6. The second-order valence-corrected chi connectivity index (χ2v) is 11.2. The maximum absolute atomic E-state index is 13.8. The van der Waals surface area contributed by atoms with Gasteiger partial charge in [-0.05, 0) is 84.2 Å². The maximum atomic E-state index is 13.8. The standard InChI is InChI=1S/C27H32FN7O2.C2H6/c1-26(2,3)20-12-14-27(15-13-20)17-34(22-10-8-21(28)9-11-22)25(37)35(27)16-18-4-6-19(7-5-18)23(36)29-24-30-32-33-31-24;1-2/h4-11,20H,12-17H2,1-3H3,(H2,29,30,31,32,33,36);1-2H3. The lowest BCUT2D eigenvalue weighted by Gasteiger charge is -2.45. The molecular formula is C29H38FN7O2. The molecule has 2 aliphatic rings. The lowest BCUT2D eigenvalue weighted by Crippen LogP contribution is -2.50. The predicted octanol–water partition coefficient (Wildman–Crippen LogP) is 6.03. The molecule has 1 spiro atoms. The molecule has 1 saturated carbocycles. The number of hydrogen-bond acceptors (Lipinski definition) is 5. The fourth-order valence-corrected chi connectivity index (χ4v) is 5.64. The van der Waals surface area contributed by atoms with Crippen LogP contribution in [0.1, 0.15) is 76.2 Å². The molecule has 1 aromatic heterocycles. The van der Waals surface area contributed by atoms with Crippen LogP contribution in [0.2, 0.25) is 0 Å². The van der Waals surface area contributed by atoms with Crippen molar-refractivity contribution in [1.82, 2.24) is 25.5 Å². The number of hydrogen-bond donors (Lipinski definition) is 2. The molecule has 2 N–H and O–H groups in total. The van der Waals surface area contributed by atoms with Crippen molar-refractivity contribution >= 4 is 23.6 Å². The van der Waals surface area contributed by atoms with E-state index in [2.05, 4.69) is 46.7 Å². The number of anilines is 2. The molecule has 3 amide bonds. The summed E-state index contributed by atoms with van der Waals surface area (Å²) in [4.78, 5) is 30.0. The molecule has 0 bridgehead atoms. The summed E-state index contributed by atoms with van der Waals surface area (Å²) in [7, 11) is 0. The quantitative estimate of drug-likeness (QED) is 0.415. The number of nitrogens with one attached hydrogen (secondary N) is 2. The van der Waals surface area contributed by atoms with E-state index in [1.807, 2.05) is 30.9 Å². The Balaban J connectivity index is 0.00000172. The van der Waals surface area contributed by atoms with Crippen LogP contribution in [0.4, 0.5) is 20.8 Å². The van der Waals surface area contributed by atoms with E-state index in [-0.39, 0.29) is 34.7 Å². The van der Waals surface area contributed by atoms with Gasteiger partial charge in [0.05, 0.1) is 12.1 Å². The Labute approximate surface area is 229 Å². The Morgan fingerprint density at radius 3 is 2.28 bits per heavy atom. The van der Waals surface area contributed by atoms with Crippen LogP contribution in [0.15, 0.2) is 48.5 Å². The lowest BCUT2D eigenvalue weighted by molar-refractivity contribution is 0.0631. The highest BCUT2D eigenvalue weighted by atomic mass is 19.1. The van der Waals surface area contributed by atoms with Gasteiger partial charge in [0.2, 0.25) is 0 Å². The molecule has 2 fully saturated rings. The fraction of sp³-hybridized carbons (Fsp3) is 0.483. The smallest absolute Gasteiger partial charge is 0.313 e. The summed E-state index contributed by atoms with van der Waals surface area (Å²) in [5.41, 5.74) is 2.03. The summed E-state index contributed by atoms with van der Waals surface area (Å²) in [6.45, 7) is 11.9. The number of nitrogens with zero attached hydrogens (tertiary/aromatic N) is 5. The van der Waals surface area contributed by atoms with E-state index in [4.69, 9.17) is 0 Å². The van der Waals surface area contributed by atoms with Gasteiger partial charge in [0.15, 0.2) is 0 Å². The van der Waals surface area contributed by atoms with E-state index in [0.717, 1.165) is 31.2 Å². The summed E-state index contributed by atoms with van der Waals surface area (Å²) in [6, 6.07) is 13.3. The van der Waals surface area contributed by atoms with E-state index in [0.29, 0.717) is 30.3 Å². The monoisotopic (exact) mass is 535 g/mol. The van der Waals surface area contributed by atoms with E-state index in [9.17, 15) is 14.0 Å². The molecule has 0 atom stereocenters. The lowest BCUT2D eigenvalue weighted by atomic mass is 9.67. The number of aromatic nitrogens is 4. The molecule has 2 aromatic carbocycles. The van der Waals surface area contributed by atoms with Crippen molar-refractivity contribution in [2.24, 2.45) is 11.3 Å². The van der Waals surface area contributed by atoms with Crippen molar-refractivity contribution in [2.75, 3.05) is 16.8 Å². The first-order chi connectivity index (χ1) is 18.6. The Bertz CT molecular complexity index is 1250. The van der Waals surface area contributed by atoms with Crippen molar-refractivity contribution in [1.29, 1.82) is 0 Å². The molecular weight excluding hydrogens is 497 g/mol. The van der Waals surface area contributed by atoms with Gasteiger partial charge in [-0.3, -0.25) is 15.0 Å². The minimum Gasteiger partial charge on any atom is -0.313 e. The third-order valence-corrected chi connectivity index (χ3v) is 7.89. The van der Waals surface area contributed by atoms with Gasteiger partial charge in [0.1, 0.15) is 5.82 Å². The summed E-state index contributed by atoms with van der Waals surface area (Å²) >= 11 is 0. The number of aromatic amines is 1. The average Bonchev–Trinajstić information content (AvgIpc) is 3.53. The molecule has 3 aromatic rings. The second kappa shape index (κ2) is 11.5. The van der Waals surface area contributed by atoms with Gasteiger partial charge in [0.25, 0.3) is 11.9 Å². The van der Waals surface area contributed by atoms with Crippen LogP contribution in [0.3, 0.4) is 0 Å². The summed E-state index contributed by atoms with van der Waals surface area (Å²) in [6.07, 6.45) is 3.95. The minimum atomic E-state index is -0.343. The molecule has 1 aliphatic carbocycles. The Morgan fingerprint density at radius 1 is 1.08 bits per heavy atom. The number of benzene rings is 2. The Hall–Kier alpha value is -3.82. The van der Waals surface area contributed by atoms with Crippen LogP contribution < -0.4 is 10.2 Å². The molecule has 0 radical (unpaired) electrons. The van der Waals surface area contributed by atoms with Gasteiger partial charge in [-0.15, -0.1) is 5.10 Å².